The van der Waals surface area contributed by atoms with Crippen LogP contribution >= 0.6 is 11.3 Å². The van der Waals surface area contributed by atoms with Gasteiger partial charge in [0.05, 0.1) is 5.69 Å². The normalized spacial score (nSPS) is 18.3. The number of carbonyl (C=O) groups excluding carboxylic acids is 1. The van der Waals surface area contributed by atoms with Gasteiger partial charge in [-0.3, -0.25) is 9.69 Å². The fourth-order valence-electron chi connectivity index (χ4n) is 4.91. The quantitative estimate of drug-likeness (QED) is 0.612. The maximum absolute atomic E-state index is 13.6. The highest BCUT2D eigenvalue weighted by Crippen LogP contribution is 2.36. The molecule has 0 saturated carbocycles. The summed E-state index contributed by atoms with van der Waals surface area (Å²) in [6.07, 6.45) is 6.73. The van der Waals surface area contributed by atoms with E-state index in [-0.39, 0.29) is 5.91 Å². The Labute approximate surface area is 188 Å². The minimum atomic E-state index is 0.142. The SMILES string of the molecule is Cc1cc(C)c2c(-n3cccc3)c(C(=O)N3CCN(CCN4CCCC4)CC3)sc2n1. The zero-order chi connectivity index (χ0) is 21.4. The molecule has 2 saturated heterocycles. The lowest BCUT2D eigenvalue weighted by molar-refractivity contribution is 0.0631. The first-order valence-electron chi connectivity index (χ1n) is 11.4. The van der Waals surface area contributed by atoms with Crippen molar-refractivity contribution in [2.24, 2.45) is 0 Å². The molecule has 0 unspecified atom stereocenters. The molecule has 0 N–H and O–H groups in total. The average molecular weight is 438 g/mol. The van der Waals surface area contributed by atoms with Gasteiger partial charge in [-0.05, 0) is 63.5 Å². The van der Waals surface area contributed by atoms with E-state index in [1.54, 1.807) is 0 Å². The van der Waals surface area contributed by atoms with Gasteiger partial charge in [-0.15, -0.1) is 11.3 Å². The van der Waals surface area contributed by atoms with Crippen molar-refractivity contribution in [1.29, 1.82) is 0 Å². The van der Waals surface area contributed by atoms with Gasteiger partial charge in [0.25, 0.3) is 5.91 Å². The number of rotatable bonds is 5. The summed E-state index contributed by atoms with van der Waals surface area (Å²) in [7, 11) is 0. The number of fused-ring (bicyclic) bond motifs is 1. The summed E-state index contributed by atoms with van der Waals surface area (Å²) in [4.78, 5) is 27.2. The number of hydrogen-bond donors (Lipinski definition) is 0. The van der Waals surface area contributed by atoms with E-state index in [1.165, 1.54) is 42.8 Å². The van der Waals surface area contributed by atoms with E-state index < -0.39 is 0 Å². The molecule has 2 fully saturated rings. The van der Waals surface area contributed by atoms with Crippen LogP contribution in [-0.4, -0.2) is 82.5 Å². The van der Waals surface area contributed by atoms with E-state index in [1.807, 2.05) is 36.4 Å². The summed E-state index contributed by atoms with van der Waals surface area (Å²) in [5.41, 5.74) is 3.15. The zero-order valence-corrected chi connectivity index (χ0v) is 19.3. The van der Waals surface area contributed by atoms with Crippen molar-refractivity contribution in [1.82, 2.24) is 24.3 Å². The van der Waals surface area contributed by atoms with Crippen LogP contribution < -0.4 is 0 Å². The number of piperazine rings is 1. The van der Waals surface area contributed by atoms with Crippen molar-refractivity contribution in [3.05, 3.63) is 46.7 Å². The van der Waals surface area contributed by atoms with Crippen LogP contribution in [0.1, 0.15) is 33.8 Å². The Bertz CT molecular complexity index is 1060. The lowest BCUT2D eigenvalue weighted by Gasteiger charge is -2.35. The van der Waals surface area contributed by atoms with Crippen LogP contribution in [0.4, 0.5) is 0 Å². The van der Waals surface area contributed by atoms with Gasteiger partial charge >= 0.3 is 0 Å². The van der Waals surface area contributed by atoms with Crippen molar-refractivity contribution in [3.8, 4) is 5.69 Å². The summed E-state index contributed by atoms with van der Waals surface area (Å²) >= 11 is 1.54. The summed E-state index contributed by atoms with van der Waals surface area (Å²) in [5, 5.41) is 1.10. The van der Waals surface area contributed by atoms with E-state index in [9.17, 15) is 4.79 Å². The predicted molar refractivity (Wildman–Crippen MR) is 126 cm³/mol. The van der Waals surface area contributed by atoms with Crippen LogP contribution in [0.15, 0.2) is 30.6 Å². The van der Waals surface area contributed by atoms with Gasteiger partial charge < -0.3 is 14.4 Å². The van der Waals surface area contributed by atoms with Gasteiger partial charge in [0.2, 0.25) is 0 Å². The Morgan fingerprint density at radius 1 is 0.968 bits per heavy atom. The number of aromatic nitrogens is 2. The second-order valence-corrected chi connectivity index (χ2v) is 9.81. The summed E-state index contributed by atoms with van der Waals surface area (Å²) in [6, 6.07) is 6.12. The van der Waals surface area contributed by atoms with E-state index in [4.69, 9.17) is 4.98 Å². The predicted octanol–water partition coefficient (Wildman–Crippen LogP) is 3.56. The number of pyridine rings is 1. The number of carbonyl (C=O) groups is 1. The molecular weight excluding hydrogens is 406 g/mol. The minimum Gasteiger partial charge on any atom is -0.335 e. The van der Waals surface area contributed by atoms with Gasteiger partial charge in [0.1, 0.15) is 9.71 Å². The lowest BCUT2D eigenvalue weighted by Crippen LogP contribution is -2.50. The van der Waals surface area contributed by atoms with Crippen LogP contribution in [0.5, 0.6) is 0 Å². The molecule has 3 aromatic rings. The third-order valence-electron chi connectivity index (χ3n) is 6.61. The average Bonchev–Trinajstić information content (AvgIpc) is 3.52. The molecule has 2 aliphatic heterocycles. The van der Waals surface area contributed by atoms with Gasteiger partial charge in [-0.1, -0.05) is 0 Å². The molecule has 1 amide bonds. The van der Waals surface area contributed by atoms with E-state index in [2.05, 4.69) is 27.4 Å². The smallest absolute Gasteiger partial charge is 0.266 e. The van der Waals surface area contributed by atoms with Crippen LogP contribution in [0, 0.1) is 13.8 Å². The fourth-order valence-corrected chi connectivity index (χ4v) is 6.17. The molecule has 0 radical (unpaired) electrons. The number of hydrogen-bond acceptors (Lipinski definition) is 5. The summed E-state index contributed by atoms with van der Waals surface area (Å²) in [6.45, 7) is 12.4. The van der Waals surface area contributed by atoms with Gasteiger partial charge in [-0.2, -0.15) is 0 Å². The van der Waals surface area contributed by atoms with E-state index >= 15 is 0 Å². The molecular formula is C24H31N5OS. The molecule has 0 aliphatic carbocycles. The van der Waals surface area contributed by atoms with E-state index in [0.29, 0.717) is 0 Å². The maximum Gasteiger partial charge on any atom is 0.266 e. The monoisotopic (exact) mass is 437 g/mol. The third kappa shape index (κ3) is 4.14. The first-order chi connectivity index (χ1) is 15.1. The highest BCUT2D eigenvalue weighted by atomic mass is 32.1. The highest BCUT2D eigenvalue weighted by molar-refractivity contribution is 7.21. The molecule has 3 aromatic heterocycles. The number of thiophene rings is 1. The fraction of sp³-hybridized carbons (Fsp3) is 0.500. The molecule has 0 aromatic carbocycles. The molecule has 0 spiro atoms. The largest absolute Gasteiger partial charge is 0.335 e. The van der Waals surface area contributed by atoms with Crippen molar-refractivity contribution in [2.75, 3.05) is 52.4 Å². The van der Waals surface area contributed by atoms with Gasteiger partial charge in [-0.25, -0.2) is 4.98 Å². The van der Waals surface area contributed by atoms with Crippen LogP contribution in [-0.2, 0) is 0 Å². The summed E-state index contributed by atoms with van der Waals surface area (Å²) < 4.78 is 2.07. The third-order valence-corrected chi connectivity index (χ3v) is 7.67. The second-order valence-electron chi connectivity index (χ2n) is 8.81. The Hall–Kier alpha value is -2.22. The second kappa shape index (κ2) is 8.73. The molecule has 5 rings (SSSR count). The number of likely N-dealkylation sites (tertiary alicyclic amines) is 1. The molecule has 6 nitrogen and oxygen atoms in total. The standard InChI is InChI=1S/C24H31N5OS/c1-18-17-19(2)25-23-20(18)21(28-9-5-6-10-28)22(31-23)24(30)29-15-13-27(14-16-29)12-11-26-7-3-4-8-26/h5-6,9-10,17H,3-4,7-8,11-16H2,1-2H3. The zero-order valence-electron chi connectivity index (χ0n) is 18.5. The minimum absolute atomic E-state index is 0.142. The van der Waals surface area contributed by atoms with Crippen LogP contribution in [0.25, 0.3) is 15.9 Å². The van der Waals surface area contributed by atoms with Crippen molar-refractivity contribution in [2.45, 2.75) is 26.7 Å². The Balaban J connectivity index is 1.35. The molecule has 0 bridgehead atoms. The highest BCUT2D eigenvalue weighted by Gasteiger charge is 2.28. The Morgan fingerprint density at radius 3 is 2.29 bits per heavy atom. The van der Waals surface area contributed by atoms with Crippen LogP contribution in [0.3, 0.4) is 0 Å². The van der Waals surface area contributed by atoms with Crippen molar-refractivity contribution in [3.63, 3.8) is 0 Å². The molecule has 5 heterocycles. The topological polar surface area (TPSA) is 44.6 Å². The van der Waals surface area contributed by atoms with Gasteiger partial charge in [0.15, 0.2) is 0 Å². The molecule has 164 valence electrons. The molecule has 2 aliphatic rings. The Kier molecular flexibility index (Phi) is 5.82. The van der Waals surface area contributed by atoms with Crippen molar-refractivity contribution < 1.29 is 4.79 Å². The van der Waals surface area contributed by atoms with Crippen molar-refractivity contribution >= 4 is 27.5 Å². The Morgan fingerprint density at radius 2 is 1.61 bits per heavy atom. The number of nitrogens with zero attached hydrogens (tertiary/aromatic N) is 5. The lowest BCUT2D eigenvalue weighted by atomic mass is 10.1. The van der Waals surface area contributed by atoms with Crippen LogP contribution in [0.2, 0.25) is 0 Å². The molecule has 31 heavy (non-hydrogen) atoms. The molecule has 0 atom stereocenters. The van der Waals surface area contributed by atoms with Gasteiger partial charge in [0, 0.05) is 62.7 Å². The maximum atomic E-state index is 13.6. The summed E-state index contributed by atoms with van der Waals surface area (Å²) in [5.74, 6) is 0.142. The first-order valence-corrected chi connectivity index (χ1v) is 12.2. The molecule has 7 heteroatoms. The van der Waals surface area contributed by atoms with E-state index in [0.717, 1.165) is 65.7 Å². The number of aryl methyl sites for hydroxylation is 2. The first kappa shape index (κ1) is 20.7. The number of amides is 1.